The number of hydrogen-bond acceptors (Lipinski definition) is 2. The molecule has 0 radical (unpaired) electrons. The van der Waals surface area contributed by atoms with E-state index in [2.05, 4.69) is 10.3 Å². The van der Waals surface area contributed by atoms with Gasteiger partial charge in [-0.3, -0.25) is 9.59 Å². The van der Waals surface area contributed by atoms with Gasteiger partial charge in [0.1, 0.15) is 11.5 Å². The van der Waals surface area contributed by atoms with E-state index in [9.17, 15) is 9.59 Å². The summed E-state index contributed by atoms with van der Waals surface area (Å²) in [5.74, 6) is 0.260. The summed E-state index contributed by atoms with van der Waals surface area (Å²) in [6.45, 7) is 4.50. The summed E-state index contributed by atoms with van der Waals surface area (Å²) in [5, 5.41) is 4.04. The number of carbonyl (C=O) groups is 2. The molecule has 0 saturated heterocycles. The van der Waals surface area contributed by atoms with E-state index in [1.54, 1.807) is 0 Å². The van der Waals surface area contributed by atoms with Crippen LogP contribution in [0, 0.1) is 6.92 Å². The zero-order valence-corrected chi connectivity index (χ0v) is 13.4. The van der Waals surface area contributed by atoms with Crippen molar-refractivity contribution in [3.05, 3.63) is 35.5 Å². The molecule has 1 amide bonds. The van der Waals surface area contributed by atoms with Crippen LogP contribution in [0.25, 0.3) is 10.9 Å². The minimum absolute atomic E-state index is 0.0571. The lowest BCUT2D eigenvalue weighted by molar-refractivity contribution is -0.118. The topological polar surface area (TPSA) is 62.0 Å². The molecule has 2 aromatic rings. The van der Waals surface area contributed by atoms with E-state index in [0.29, 0.717) is 30.9 Å². The van der Waals surface area contributed by atoms with Gasteiger partial charge in [-0.05, 0) is 31.4 Å². The standard InChI is InChI=1S/C18H24N2O2/c1-3-14(21)9-5-4-8-12-19-18(22)17-13(2)15-10-6-7-11-16(15)20-17/h6-7,10-11,20H,3-5,8-9,12H2,1-2H3,(H,19,22). The van der Waals surface area contributed by atoms with Gasteiger partial charge in [0.25, 0.3) is 5.91 Å². The van der Waals surface area contributed by atoms with Gasteiger partial charge in [-0.2, -0.15) is 0 Å². The number of Topliss-reactive ketones (excluding diaryl/α,β-unsaturated/α-hetero) is 1. The number of benzene rings is 1. The SMILES string of the molecule is CCC(=O)CCCCCNC(=O)c1[nH]c2ccccc2c1C. The van der Waals surface area contributed by atoms with E-state index in [0.717, 1.165) is 35.7 Å². The van der Waals surface area contributed by atoms with Gasteiger partial charge < -0.3 is 10.3 Å². The Bertz CT molecular complexity index is 658. The molecule has 0 saturated carbocycles. The second kappa shape index (κ2) is 7.78. The van der Waals surface area contributed by atoms with Crippen LogP contribution in [0.4, 0.5) is 0 Å². The molecular weight excluding hydrogens is 276 g/mol. The highest BCUT2D eigenvalue weighted by Crippen LogP contribution is 2.21. The molecule has 2 rings (SSSR count). The molecule has 1 aromatic heterocycles. The Morgan fingerprint density at radius 1 is 1.14 bits per heavy atom. The third-order valence-electron chi connectivity index (χ3n) is 4.01. The van der Waals surface area contributed by atoms with Gasteiger partial charge in [-0.25, -0.2) is 0 Å². The molecule has 4 nitrogen and oxygen atoms in total. The lowest BCUT2D eigenvalue weighted by Gasteiger charge is -2.04. The summed E-state index contributed by atoms with van der Waals surface area (Å²) in [4.78, 5) is 26.6. The minimum atomic E-state index is -0.0571. The van der Waals surface area contributed by atoms with Crippen molar-refractivity contribution >= 4 is 22.6 Å². The smallest absolute Gasteiger partial charge is 0.268 e. The van der Waals surface area contributed by atoms with Crippen molar-refractivity contribution in [1.29, 1.82) is 0 Å². The molecule has 0 aliphatic carbocycles. The van der Waals surface area contributed by atoms with E-state index < -0.39 is 0 Å². The quantitative estimate of drug-likeness (QED) is 0.729. The average molecular weight is 300 g/mol. The third kappa shape index (κ3) is 3.97. The molecular formula is C18H24N2O2. The number of rotatable bonds is 8. The van der Waals surface area contributed by atoms with E-state index in [-0.39, 0.29) is 5.91 Å². The van der Waals surface area contributed by atoms with Crippen LogP contribution in [0.3, 0.4) is 0 Å². The second-order valence-corrected chi connectivity index (χ2v) is 5.63. The molecule has 1 aromatic carbocycles. The maximum absolute atomic E-state index is 12.2. The second-order valence-electron chi connectivity index (χ2n) is 5.63. The van der Waals surface area contributed by atoms with Crippen molar-refractivity contribution in [2.45, 2.75) is 46.0 Å². The number of fused-ring (bicyclic) bond motifs is 1. The average Bonchev–Trinajstić information content (AvgIpc) is 2.87. The third-order valence-corrected chi connectivity index (χ3v) is 4.01. The van der Waals surface area contributed by atoms with Crippen molar-refractivity contribution in [2.24, 2.45) is 0 Å². The molecule has 0 spiro atoms. The summed E-state index contributed by atoms with van der Waals surface area (Å²) < 4.78 is 0. The maximum Gasteiger partial charge on any atom is 0.268 e. The highest BCUT2D eigenvalue weighted by atomic mass is 16.2. The normalized spacial score (nSPS) is 10.8. The van der Waals surface area contributed by atoms with E-state index in [4.69, 9.17) is 0 Å². The first-order valence-electron chi connectivity index (χ1n) is 8.00. The largest absolute Gasteiger partial charge is 0.351 e. The van der Waals surface area contributed by atoms with Crippen LogP contribution in [0.2, 0.25) is 0 Å². The first kappa shape index (κ1) is 16.3. The van der Waals surface area contributed by atoms with E-state index in [1.165, 1.54) is 0 Å². The van der Waals surface area contributed by atoms with Crippen LogP contribution in [0.15, 0.2) is 24.3 Å². The number of ketones is 1. The Labute approximate surface area is 131 Å². The van der Waals surface area contributed by atoms with Gasteiger partial charge in [0.15, 0.2) is 0 Å². The van der Waals surface area contributed by atoms with Gasteiger partial charge in [0.05, 0.1) is 0 Å². The predicted molar refractivity (Wildman–Crippen MR) is 89.1 cm³/mol. The number of H-pyrrole nitrogens is 1. The van der Waals surface area contributed by atoms with Gasteiger partial charge in [0, 0.05) is 30.3 Å². The van der Waals surface area contributed by atoms with Gasteiger partial charge >= 0.3 is 0 Å². The summed E-state index contributed by atoms with van der Waals surface area (Å²) in [7, 11) is 0. The summed E-state index contributed by atoms with van der Waals surface area (Å²) in [6, 6.07) is 7.92. The highest BCUT2D eigenvalue weighted by Gasteiger charge is 2.13. The number of amides is 1. The fraction of sp³-hybridized carbons (Fsp3) is 0.444. The summed E-state index contributed by atoms with van der Waals surface area (Å²) in [6.07, 6.45) is 4.07. The molecule has 118 valence electrons. The number of aromatic amines is 1. The van der Waals surface area contributed by atoms with Crippen molar-refractivity contribution in [1.82, 2.24) is 10.3 Å². The van der Waals surface area contributed by atoms with Crippen LogP contribution < -0.4 is 5.32 Å². The number of para-hydroxylation sites is 1. The number of aromatic nitrogens is 1. The van der Waals surface area contributed by atoms with Gasteiger partial charge in [-0.15, -0.1) is 0 Å². The molecule has 0 aliphatic heterocycles. The Kier molecular flexibility index (Phi) is 5.75. The van der Waals surface area contributed by atoms with Crippen molar-refractivity contribution in [2.75, 3.05) is 6.54 Å². The minimum Gasteiger partial charge on any atom is -0.351 e. The van der Waals surface area contributed by atoms with Crippen LogP contribution in [0.1, 0.15) is 55.1 Å². The Hall–Kier alpha value is -2.10. The monoisotopic (exact) mass is 300 g/mol. The first-order valence-corrected chi connectivity index (χ1v) is 8.00. The molecule has 2 N–H and O–H groups in total. The van der Waals surface area contributed by atoms with E-state index >= 15 is 0 Å². The molecule has 0 unspecified atom stereocenters. The van der Waals surface area contributed by atoms with Crippen LogP contribution >= 0.6 is 0 Å². The summed E-state index contributed by atoms with van der Waals surface area (Å²) >= 11 is 0. The lowest BCUT2D eigenvalue weighted by Crippen LogP contribution is -2.25. The van der Waals surface area contributed by atoms with Crippen LogP contribution in [0.5, 0.6) is 0 Å². The number of unbranched alkanes of at least 4 members (excludes halogenated alkanes) is 2. The van der Waals surface area contributed by atoms with Crippen molar-refractivity contribution < 1.29 is 9.59 Å². The van der Waals surface area contributed by atoms with Crippen LogP contribution in [-0.4, -0.2) is 23.2 Å². The van der Waals surface area contributed by atoms with Crippen molar-refractivity contribution in [3.63, 3.8) is 0 Å². The lowest BCUT2D eigenvalue weighted by atomic mass is 10.1. The maximum atomic E-state index is 12.2. The first-order chi connectivity index (χ1) is 10.6. The Morgan fingerprint density at radius 3 is 2.64 bits per heavy atom. The number of nitrogens with one attached hydrogen (secondary N) is 2. The molecule has 0 aliphatic rings. The van der Waals surface area contributed by atoms with E-state index in [1.807, 2.05) is 38.1 Å². The zero-order valence-electron chi connectivity index (χ0n) is 13.4. The fourth-order valence-corrected chi connectivity index (χ4v) is 2.60. The number of aryl methyl sites for hydroxylation is 1. The molecule has 0 fully saturated rings. The van der Waals surface area contributed by atoms with Crippen LogP contribution in [-0.2, 0) is 4.79 Å². The number of carbonyl (C=O) groups excluding carboxylic acids is 2. The summed E-state index contributed by atoms with van der Waals surface area (Å²) in [5.41, 5.74) is 2.62. The molecule has 0 atom stereocenters. The highest BCUT2D eigenvalue weighted by molar-refractivity contribution is 6.00. The van der Waals surface area contributed by atoms with Gasteiger partial charge in [-0.1, -0.05) is 31.5 Å². The zero-order chi connectivity index (χ0) is 15.9. The Balaban J connectivity index is 1.79. The number of hydrogen-bond donors (Lipinski definition) is 2. The molecule has 22 heavy (non-hydrogen) atoms. The van der Waals surface area contributed by atoms with Crippen molar-refractivity contribution in [3.8, 4) is 0 Å². The molecule has 4 heteroatoms. The molecule has 1 heterocycles. The fourth-order valence-electron chi connectivity index (χ4n) is 2.60. The molecule has 0 bridgehead atoms. The Morgan fingerprint density at radius 2 is 1.91 bits per heavy atom. The predicted octanol–water partition coefficient (Wildman–Crippen LogP) is 3.75. The van der Waals surface area contributed by atoms with Gasteiger partial charge in [0.2, 0.25) is 0 Å².